The molecule has 0 radical (unpaired) electrons. The number of imide groups is 1. The molecule has 0 bridgehead atoms. The van der Waals surface area contributed by atoms with E-state index in [-0.39, 0.29) is 35.8 Å². The van der Waals surface area contributed by atoms with Gasteiger partial charge in [-0.1, -0.05) is 44.2 Å². The Morgan fingerprint density at radius 1 is 0.944 bits per heavy atom. The maximum Gasteiger partial charge on any atom is 0.255 e. The zero-order valence-electron chi connectivity index (χ0n) is 30.5. The van der Waals surface area contributed by atoms with E-state index in [0.29, 0.717) is 30.6 Å². The van der Waals surface area contributed by atoms with Gasteiger partial charge >= 0.3 is 0 Å². The molecule has 1 spiro atoms. The van der Waals surface area contributed by atoms with Crippen molar-refractivity contribution in [3.63, 3.8) is 0 Å². The van der Waals surface area contributed by atoms with Crippen LogP contribution < -0.4 is 25.0 Å². The first kappa shape index (κ1) is 34.3. The van der Waals surface area contributed by atoms with Crippen LogP contribution in [0.25, 0.3) is 0 Å². The molecule has 3 amide bonds. The SMILES string of the molecule is CC(C)(c1ccc(OCc2ccnc(N3CC4(COC4)C3)n2)cc1)c1ccc(O[C@H]2C[C@@H](Nc3ccc4c(c3)C(=O)N(C3CCC(=O)NC3=O)C4)C2)cc1. The highest BCUT2D eigenvalue weighted by Crippen LogP contribution is 2.39. The number of aromatic nitrogens is 2. The molecule has 5 heterocycles. The second kappa shape index (κ2) is 13.4. The fraction of sp³-hybridized carbons (Fsp3) is 0.405. The van der Waals surface area contributed by atoms with Gasteiger partial charge in [0.25, 0.3) is 5.91 Å². The number of hydrogen-bond acceptors (Lipinski definition) is 10. The van der Waals surface area contributed by atoms with Gasteiger partial charge in [-0.3, -0.25) is 19.7 Å². The molecule has 1 aromatic heterocycles. The number of fused-ring (bicyclic) bond motifs is 1. The predicted molar refractivity (Wildman–Crippen MR) is 200 cm³/mol. The first-order valence-corrected chi connectivity index (χ1v) is 18.8. The van der Waals surface area contributed by atoms with Crippen LogP contribution in [0.15, 0.2) is 79.0 Å². The second-order valence-electron chi connectivity index (χ2n) is 16.0. The van der Waals surface area contributed by atoms with Gasteiger partial charge in [0.15, 0.2) is 0 Å². The number of amides is 3. The van der Waals surface area contributed by atoms with E-state index < -0.39 is 11.9 Å². The monoisotopic (exact) mass is 728 g/mol. The summed E-state index contributed by atoms with van der Waals surface area (Å²) < 4.78 is 17.8. The summed E-state index contributed by atoms with van der Waals surface area (Å²) in [6, 6.07) is 24.0. The number of piperidine rings is 1. The van der Waals surface area contributed by atoms with Gasteiger partial charge in [-0.25, -0.2) is 9.97 Å². The number of rotatable bonds is 11. The van der Waals surface area contributed by atoms with E-state index in [0.717, 1.165) is 73.5 Å². The number of ether oxygens (including phenoxy) is 3. The molecule has 278 valence electrons. The van der Waals surface area contributed by atoms with Crippen molar-refractivity contribution in [3.8, 4) is 11.5 Å². The Morgan fingerprint density at radius 2 is 1.67 bits per heavy atom. The summed E-state index contributed by atoms with van der Waals surface area (Å²) in [5.41, 5.74) is 5.69. The topological polar surface area (TPSA) is 135 Å². The van der Waals surface area contributed by atoms with Gasteiger partial charge in [-0.05, 0) is 65.6 Å². The quantitative estimate of drug-likeness (QED) is 0.203. The summed E-state index contributed by atoms with van der Waals surface area (Å²) >= 11 is 0. The predicted octanol–water partition coefficient (Wildman–Crippen LogP) is 5.00. The molecule has 3 aromatic carbocycles. The first-order chi connectivity index (χ1) is 26.1. The van der Waals surface area contributed by atoms with Gasteiger partial charge in [0.1, 0.15) is 30.3 Å². The minimum Gasteiger partial charge on any atom is -0.490 e. The van der Waals surface area contributed by atoms with E-state index in [4.69, 9.17) is 19.2 Å². The number of benzene rings is 3. The molecule has 1 unspecified atom stereocenters. The Labute approximate surface area is 314 Å². The lowest BCUT2D eigenvalue weighted by atomic mass is 9.78. The van der Waals surface area contributed by atoms with E-state index in [1.54, 1.807) is 11.1 Å². The van der Waals surface area contributed by atoms with Crippen LogP contribution in [0.1, 0.15) is 72.3 Å². The molecule has 12 heteroatoms. The van der Waals surface area contributed by atoms with Crippen molar-refractivity contribution in [2.24, 2.45) is 5.41 Å². The third kappa shape index (κ3) is 6.52. The summed E-state index contributed by atoms with van der Waals surface area (Å²) in [6.45, 7) is 8.76. The van der Waals surface area contributed by atoms with Gasteiger partial charge in [-0.2, -0.15) is 0 Å². The van der Waals surface area contributed by atoms with Crippen LogP contribution in [0.4, 0.5) is 11.6 Å². The largest absolute Gasteiger partial charge is 0.490 e. The van der Waals surface area contributed by atoms with Crippen LogP contribution in [-0.4, -0.2) is 77.1 Å². The highest BCUT2D eigenvalue weighted by molar-refractivity contribution is 6.05. The number of hydrogen-bond donors (Lipinski definition) is 2. The summed E-state index contributed by atoms with van der Waals surface area (Å²) in [7, 11) is 0. The molecule has 54 heavy (non-hydrogen) atoms. The lowest BCUT2D eigenvalue weighted by Gasteiger charge is -2.54. The second-order valence-corrected chi connectivity index (χ2v) is 16.0. The number of nitrogens with one attached hydrogen (secondary N) is 2. The average molecular weight is 729 g/mol. The van der Waals surface area contributed by atoms with Crippen LogP contribution >= 0.6 is 0 Å². The van der Waals surface area contributed by atoms with Crippen molar-refractivity contribution in [3.05, 3.63) is 107 Å². The third-order valence-corrected chi connectivity index (χ3v) is 11.7. The molecule has 2 N–H and O–H groups in total. The lowest BCUT2D eigenvalue weighted by Crippen LogP contribution is -2.66. The molecular weight excluding hydrogens is 684 g/mol. The minimum atomic E-state index is -0.613. The van der Waals surface area contributed by atoms with Gasteiger partial charge in [0.2, 0.25) is 17.8 Å². The molecule has 1 aliphatic carbocycles. The highest BCUT2D eigenvalue weighted by Gasteiger charge is 2.50. The molecule has 4 aliphatic heterocycles. The summed E-state index contributed by atoms with van der Waals surface area (Å²) in [4.78, 5) is 50.1. The van der Waals surface area contributed by atoms with Crippen molar-refractivity contribution in [2.45, 2.75) is 76.3 Å². The van der Waals surface area contributed by atoms with E-state index >= 15 is 0 Å². The van der Waals surface area contributed by atoms with Gasteiger partial charge in [-0.15, -0.1) is 0 Å². The van der Waals surface area contributed by atoms with Crippen LogP contribution in [0.3, 0.4) is 0 Å². The van der Waals surface area contributed by atoms with Crippen LogP contribution in [0, 0.1) is 5.41 Å². The smallest absolute Gasteiger partial charge is 0.255 e. The molecule has 3 saturated heterocycles. The Bertz CT molecular complexity index is 2090. The molecule has 9 rings (SSSR count). The molecule has 1 atom stereocenters. The summed E-state index contributed by atoms with van der Waals surface area (Å²) in [5, 5.41) is 5.90. The molecule has 5 aliphatic rings. The zero-order chi connectivity index (χ0) is 37.0. The zero-order valence-corrected chi connectivity index (χ0v) is 30.5. The van der Waals surface area contributed by atoms with E-state index in [9.17, 15) is 14.4 Å². The fourth-order valence-corrected chi connectivity index (χ4v) is 8.19. The number of carbonyl (C=O) groups is 3. The van der Waals surface area contributed by atoms with E-state index in [2.05, 4.69) is 58.6 Å². The van der Waals surface area contributed by atoms with Crippen LogP contribution in [0.5, 0.6) is 11.5 Å². The van der Waals surface area contributed by atoms with Gasteiger partial charge in [0, 0.05) is 67.8 Å². The molecular formula is C42H44N6O6. The van der Waals surface area contributed by atoms with Crippen molar-refractivity contribution >= 4 is 29.4 Å². The number of nitrogens with zero attached hydrogens (tertiary/aromatic N) is 4. The van der Waals surface area contributed by atoms with Crippen molar-refractivity contribution in [2.75, 3.05) is 36.5 Å². The first-order valence-electron chi connectivity index (χ1n) is 18.8. The molecule has 1 saturated carbocycles. The number of anilines is 2. The Kier molecular flexibility index (Phi) is 8.52. The average Bonchev–Trinajstić information content (AvgIpc) is 3.44. The number of carbonyl (C=O) groups excluding carboxylic acids is 3. The van der Waals surface area contributed by atoms with Crippen LogP contribution in [-0.2, 0) is 32.9 Å². The third-order valence-electron chi connectivity index (χ3n) is 11.7. The van der Waals surface area contributed by atoms with Crippen LogP contribution in [0.2, 0.25) is 0 Å². The molecule has 4 aromatic rings. The molecule has 12 nitrogen and oxygen atoms in total. The van der Waals surface area contributed by atoms with Crippen molar-refractivity contribution in [1.82, 2.24) is 20.2 Å². The fourth-order valence-electron chi connectivity index (χ4n) is 8.19. The standard InChI is InChI=1S/C42H44N6O6/c1-41(2,27-4-9-32(10-5-27)53-21-30-15-16-43-40(45-30)47-22-42(23-47)24-52-25-42)28-6-11-33(12-7-28)54-34-17-31(18-34)44-29-8-3-26-20-48(39(51)35(26)19-29)36-13-14-37(49)46-38(36)50/h3-12,15-16,19,31,34,36,44H,13-14,17-18,20-25H2,1-2H3,(H,46,49,50)/t31-,34+,36?. The summed E-state index contributed by atoms with van der Waals surface area (Å²) in [6.07, 6.45) is 4.20. The van der Waals surface area contributed by atoms with Gasteiger partial charge < -0.3 is 29.3 Å². The van der Waals surface area contributed by atoms with Crippen molar-refractivity contribution in [1.29, 1.82) is 0 Å². The van der Waals surface area contributed by atoms with E-state index in [1.807, 2.05) is 48.5 Å². The minimum absolute atomic E-state index is 0.104. The Morgan fingerprint density at radius 3 is 2.35 bits per heavy atom. The summed E-state index contributed by atoms with van der Waals surface area (Å²) in [5.74, 6) is 1.54. The van der Waals surface area contributed by atoms with Crippen molar-refractivity contribution < 1.29 is 28.6 Å². The Hall–Kier alpha value is -5.49. The highest BCUT2D eigenvalue weighted by atomic mass is 16.5. The molecule has 4 fully saturated rings. The maximum absolute atomic E-state index is 13.2. The Balaban J connectivity index is 0.741. The lowest BCUT2D eigenvalue weighted by molar-refractivity contribution is -0.136. The van der Waals surface area contributed by atoms with E-state index in [1.165, 1.54) is 11.1 Å². The maximum atomic E-state index is 13.2. The normalized spacial score (nSPS) is 22.9. The van der Waals surface area contributed by atoms with Gasteiger partial charge in [0.05, 0.1) is 24.3 Å².